The van der Waals surface area contributed by atoms with E-state index in [-0.39, 0.29) is 11.3 Å². The van der Waals surface area contributed by atoms with Crippen molar-refractivity contribution < 1.29 is 19.1 Å². The Balaban J connectivity index is 2.44. The average Bonchev–Trinajstić information content (AvgIpc) is 2.48. The zero-order valence-corrected chi connectivity index (χ0v) is 11.0. The second kappa shape index (κ2) is 5.52. The minimum atomic E-state index is -0.790. The minimum Gasteiger partial charge on any atom is -0.466 e. The Hall–Kier alpha value is -2.70. The fourth-order valence-corrected chi connectivity index (χ4v) is 1.70. The van der Waals surface area contributed by atoms with E-state index in [2.05, 4.69) is 9.84 Å². The lowest BCUT2D eigenvalue weighted by Gasteiger charge is -2.07. The van der Waals surface area contributed by atoms with Gasteiger partial charge in [0.2, 0.25) is 0 Å². The predicted octanol–water partition coefficient (Wildman–Crippen LogP) is 0.263. The summed E-state index contributed by atoms with van der Waals surface area (Å²) in [5, 5.41) is 4.62. The van der Waals surface area contributed by atoms with E-state index in [1.807, 2.05) is 0 Å². The van der Waals surface area contributed by atoms with E-state index in [0.717, 1.165) is 4.68 Å². The number of ether oxygens (including phenoxy) is 2. The van der Waals surface area contributed by atoms with Crippen LogP contribution in [0.2, 0.25) is 0 Å². The van der Waals surface area contributed by atoms with Crippen LogP contribution in [0.4, 0.5) is 0 Å². The second-order valence-corrected chi connectivity index (χ2v) is 3.98. The Kier molecular flexibility index (Phi) is 3.79. The van der Waals surface area contributed by atoms with Crippen LogP contribution in [0.5, 0.6) is 0 Å². The molecule has 0 radical (unpaired) electrons. The number of hydrogen-bond acceptors (Lipinski definition) is 6. The molecule has 0 saturated carbocycles. The number of carbonyl (C=O) groups is 2. The molecule has 0 aliphatic carbocycles. The standard InChI is InChI=1S/C13H12N2O5/c1-15-12(17)9-6-4-3-5-8(9)11(14-15)13(18)20-7-10(16)19-2/h3-6H,7H2,1-2H3. The van der Waals surface area contributed by atoms with Gasteiger partial charge in [0.25, 0.3) is 5.56 Å². The maximum Gasteiger partial charge on any atom is 0.360 e. The molecule has 0 aliphatic heterocycles. The maximum atomic E-state index is 11.9. The van der Waals surface area contributed by atoms with Crippen molar-refractivity contribution in [2.45, 2.75) is 0 Å². The summed E-state index contributed by atoms with van der Waals surface area (Å²) in [7, 11) is 2.63. The van der Waals surface area contributed by atoms with Crippen LogP contribution in [0.3, 0.4) is 0 Å². The number of methoxy groups -OCH3 is 1. The number of benzene rings is 1. The molecule has 1 heterocycles. The molecule has 0 amide bonds. The smallest absolute Gasteiger partial charge is 0.360 e. The lowest BCUT2D eigenvalue weighted by atomic mass is 10.1. The van der Waals surface area contributed by atoms with Gasteiger partial charge in [0.1, 0.15) is 0 Å². The molecule has 2 aromatic rings. The third-order valence-electron chi connectivity index (χ3n) is 2.70. The zero-order valence-electron chi connectivity index (χ0n) is 11.0. The third kappa shape index (κ3) is 2.51. The number of esters is 2. The van der Waals surface area contributed by atoms with Crippen molar-refractivity contribution in [2.24, 2.45) is 7.05 Å². The number of aromatic nitrogens is 2. The molecule has 0 unspecified atom stereocenters. The van der Waals surface area contributed by atoms with Crippen LogP contribution < -0.4 is 5.56 Å². The minimum absolute atomic E-state index is 0.0217. The van der Waals surface area contributed by atoms with Crippen LogP contribution in [0.1, 0.15) is 10.5 Å². The number of rotatable bonds is 3. The van der Waals surface area contributed by atoms with E-state index in [1.165, 1.54) is 14.2 Å². The largest absolute Gasteiger partial charge is 0.466 e. The first-order valence-corrected chi connectivity index (χ1v) is 5.74. The van der Waals surface area contributed by atoms with E-state index in [0.29, 0.717) is 10.8 Å². The topological polar surface area (TPSA) is 87.5 Å². The molecule has 0 bridgehead atoms. The van der Waals surface area contributed by atoms with E-state index in [4.69, 9.17) is 4.74 Å². The maximum absolute atomic E-state index is 11.9. The molecule has 7 nitrogen and oxygen atoms in total. The molecule has 104 valence electrons. The van der Waals surface area contributed by atoms with Gasteiger partial charge in [0.15, 0.2) is 12.3 Å². The fourth-order valence-electron chi connectivity index (χ4n) is 1.70. The van der Waals surface area contributed by atoms with Gasteiger partial charge in [-0.25, -0.2) is 14.3 Å². The lowest BCUT2D eigenvalue weighted by Crippen LogP contribution is -2.24. The molecule has 0 aliphatic rings. The summed E-state index contributed by atoms with van der Waals surface area (Å²) < 4.78 is 10.2. The fraction of sp³-hybridized carbons (Fsp3) is 0.231. The van der Waals surface area contributed by atoms with Crippen molar-refractivity contribution in [2.75, 3.05) is 13.7 Å². The summed E-state index contributed by atoms with van der Waals surface area (Å²) in [6, 6.07) is 6.56. The van der Waals surface area contributed by atoms with E-state index in [9.17, 15) is 14.4 Å². The molecule has 0 atom stereocenters. The summed E-state index contributed by atoms with van der Waals surface area (Å²) in [5.41, 5.74) is -0.336. The molecular weight excluding hydrogens is 264 g/mol. The molecule has 2 rings (SSSR count). The van der Waals surface area contributed by atoms with Gasteiger partial charge >= 0.3 is 11.9 Å². The van der Waals surface area contributed by atoms with E-state index in [1.54, 1.807) is 24.3 Å². The highest BCUT2D eigenvalue weighted by atomic mass is 16.6. The van der Waals surface area contributed by atoms with Gasteiger partial charge in [0.05, 0.1) is 12.5 Å². The summed E-state index contributed by atoms with van der Waals surface area (Å²) in [6.45, 7) is -0.506. The van der Waals surface area contributed by atoms with Gasteiger partial charge < -0.3 is 9.47 Å². The Morgan fingerprint density at radius 2 is 1.90 bits per heavy atom. The summed E-state index contributed by atoms with van der Waals surface area (Å²) in [5.74, 6) is -1.46. The Bertz CT molecular complexity index is 735. The highest BCUT2D eigenvalue weighted by Gasteiger charge is 2.17. The number of carbonyl (C=O) groups excluding carboxylic acids is 2. The van der Waals surface area contributed by atoms with Crippen molar-refractivity contribution >= 4 is 22.7 Å². The Morgan fingerprint density at radius 3 is 2.55 bits per heavy atom. The van der Waals surface area contributed by atoms with Crippen molar-refractivity contribution in [3.63, 3.8) is 0 Å². The zero-order chi connectivity index (χ0) is 14.7. The number of fused-ring (bicyclic) bond motifs is 1. The van der Waals surface area contributed by atoms with Crippen LogP contribution in [0.25, 0.3) is 10.8 Å². The molecule has 20 heavy (non-hydrogen) atoms. The molecule has 0 saturated heterocycles. The molecule has 0 N–H and O–H groups in total. The van der Waals surface area contributed by atoms with Crippen molar-refractivity contribution in [1.29, 1.82) is 0 Å². The number of nitrogens with zero attached hydrogens (tertiary/aromatic N) is 2. The molecule has 0 spiro atoms. The van der Waals surface area contributed by atoms with E-state index >= 15 is 0 Å². The molecule has 0 fully saturated rings. The van der Waals surface area contributed by atoms with Crippen molar-refractivity contribution in [3.05, 3.63) is 40.3 Å². The summed E-state index contributed by atoms with van der Waals surface area (Å²) in [4.78, 5) is 34.8. The molecule has 7 heteroatoms. The number of aryl methyl sites for hydroxylation is 1. The summed E-state index contributed by atoms with van der Waals surface area (Å²) in [6.07, 6.45) is 0. The highest BCUT2D eigenvalue weighted by Crippen LogP contribution is 2.13. The first kappa shape index (κ1) is 13.7. The van der Waals surface area contributed by atoms with Gasteiger partial charge in [-0.1, -0.05) is 18.2 Å². The first-order valence-electron chi connectivity index (χ1n) is 5.74. The van der Waals surface area contributed by atoms with Crippen LogP contribution >= 0.6 is 0 Å². The van der Waals surface area contributed by atoms with E-state index < -0.39 is 18.5 Å². The monoisotopic (exact) mass is 276 g/mol. The second-order valence-electron chi connectivity index (χ2n) is 3.98. The number of hydrogen-bond donors (Lipinski definition) is 0. The third-order valence-corrected chi connectivity index (χ3v) is 2.70. The lowest BCUT2D eigenvalue weighted by molar-refractivity contribution is -0.144. The van der Waals surface area contributed by atoms with Crippen LogP contribution in [-0.2, 0) is 21.3 Å². The van der Waals surface area contributed by atoms with Gasteiger partial charge in [-0.3, -0.25) is 4.79 Å². The average molecular weight is 276 g/mol. The van der Waals surface area contributed by atoms with Crippen LogP contribution in [0, 0.1) is 0 Å². The van der Waals surface area contributed by atoms with Gasteiger partial charge in [-0.2, -0.15) is 5.10 Å². The normalized spacial score (nSPS) is 10.3. The van der Waals surface area contributed by atoms with Crippen molar-refractivity contribution in [3.8, 4) is 0 Å². The molecule has 1 aromatic carbocycles. The Labute approximate surface area is 113 Å². The quantitative estimate of drug-likeness (QED) is 0.747. The van der Waals surface area contributed by atoms with Gasteiger partial charge in [-0.05, 0) is 6.07 Å². The van der Waals surface area contributed by atoms with Crippen LogP contribution in [-0.4, -0.2) is 35.4 Å². The first-order chi connectivity index (χ1) is 9.54. The van der Waals surface area contributed by atoms with Gasteiger partial charge in [-0.15, -0.1) is 0 Å². The van der Waals surface area contributed by atoms with Crippen LogP contribution in [0.15, 0.2) is 29.1 Å². The highest BCUT2D eigenvalue weighted by molar-refractivity contribution is 6.02. The molecule has 1 aromatic heterocycles. The van der Waals surface area contributed by atoms with Crippen molar-refractivity contribution in [1.82, 2.24) is 9.78 Å². The predicted molar refractivity (Wildman–Crippen MR) is 69.3 cm³/mol. The molecular formula is C13H12N2O5. The van der Waals surface area contributed by atoms with Gasteiger partial charge in [0, 0.05) is 12.4 Å². The SMILES string of the molecule is COC(=O)COC(=O)c1nn(C)c(=O)c2ccccc12. The summed E-state index contributed by atoms with van der Waals surface area (Å²) >= 11 is 0. The Morgan fingerprint density at radius 1 is 1.25 bits per heavy atom.